The van der Waals surface area contributed by atoms with Crippen molar-refractivity contribution in [1.82, 2.24) is 25.7 Å². The Labute approximate surface area is 168 Å². The summed E-state index contributed by atoms with van der Waals surface area (Å²) < 4.78 is 5.70. The first-order chi connectivity index (χ1) is 14.2. The number of H-pyrrole nitrogens is 1. The van der Waals surface area contributed by atoms with Gasteiger partial charge in [-0.2, -0.15) is 5.10 Å². The van der Waals surface area contributed by atoms with Gasteiger partial charge < -0.3 is 14.7 Å². The highest BCUT2D eigenvalue weighted by Gasteiger charge is 2.27. The lowest BCUT2D eigenvalue weighted by Gasteiger charge is -2.06. The maximum atomic E-state index is 12.5. The summed E-state index contributed by atoms with van der Waals surface area (Å²) in [6.45, 7) is 5.88. The van der Waals surface area contributed by atoms with E-state index in [1.54, 1.807) is 30.9 Å². The van der Waals surface area contributed by atoms with Crippen molar-refractivity contribution in [2.24, 2.45) is 5.10 Å². The molecule has 0 saturated heterocycles. The average molecular weight is 390 g/mol. The number of carbonyl (C=O) groups is 1. The van der Waals surface area contributed by atoms with Crippen LogP contribution in [0.25, 0.3) is 17.4 Å². The molecule has 0 spiro atoms. The minimum Gasteiger partial charge on any atom is -0.464 e. The van der Waals surface area contributed by atoms with E-state index in [0.717, 1.165) is 47.8 Å². The number of nitrogens with one attached hydrogen (secondary N) is 3. The van der Waals surface area contributed by atoms with Crippen molar-refractivity contribution in [3.63, 3.8) is 0 Å². The number of hydrazone groups is 1. The summed E-state index contributed by atoms with van der Waals surface area (Å²) in [6.07, 6.45) is 9.03. The van der Waals surface area contributed by atoms with E-state index in [-0.39, 0.29) is 5.91 Å². The molecule has 0 atom stereocenters. The number of aromatic nitrogens is 3. The maximum absolute atomic E-state index is 12.5. The topological polar surface area (TPSA) is 108 Å². The van der Waals surface area contributed by atoms with E-state index in [9.17, 15) is 4.79 Å². The lowest BCUT2D eigenvalue weighted by molar-refractivity contribution is -0.116. The third kappa shape index (κ3) is 3.74. The molecule has 29 heavy (non-hydrogen) atoms. The molecule has 3 aromatic rings. The van der Waals surface area contributed by atoms with E-state index in [4.69, 9.17) is 4.42 Å². The minimum absolute atomic E-state index is 0.280. The van der Waals surface area contributed by atoms with Gasteiger partial charge in [0.2, 0.25) is 0 Å². The van der Waals surface area contributed by atoms with Crippen LogP contribution in [-0.4, -0.2) is 39.7 Å². The molecule has 1 aliphatic rings. The van der Waals surface area contributed by atoms with Crippen LogP contribution in [0.4, 0.5) is 0 Å². The SMILES string of the molecule is CCNCCc1c(C)[nH]c(/C=C2/C(=O)NN=C2c2cnccn2)c1-c1ccco1. The number of nitrogens with zero attached hydrogens (tertiary/aromatic N) is 3. The van der Waals surface area contributed by atoms with Crippen LogP contribution >= 0.6 is 0 Å². The number of furan rings is 1. The summed E-state index contributed by atoms with van der Waals surface area (Å²) in [7, 11) is 0. The van der Waals surface area contributed by atoms with Crippen LogP contribution in [0.3, 0.4) is 0 Å². The highest BCUT2D eigenvalue weighted by Crippen LogP contribution is 2.33. The van der Waals surface area contributed by atoms with Gasteiger partial charge in [-0.25, -0.2) is 5.43 Å². The molecular weight excluding hydrogens is 368 g/mol. The predicted molar refractivity (Wildman–Crippen MR) is 110 cm³/mol. The van der Waals surface area contributed by atoms with E-state index < -0.39 is 0 Å². The Morgan fingerprint density at radius 2 is 2.21 bits per heavy atom. The van der Waals surface area contributed by atoms with Crippen LogP contribution in [0.15, 0.2) is 52.1 Å². The van der Waals surface area contributed by atoms with Gasteiger partial charge in [0.1, 0.15) is 17.2 Å². The van der Waals surface area contributed by atoms with Crippen molar-refractivity contribution in [2.75, 3.05) is 13.1 Å². The predicted octanol–water partition coefficient (Wildman–Crippen LogP) is 2.44. The summed E-state index contributed by atoms with van der Waals surface area (Å²) >= 11 is 0. The molecule has 148 valence electrons. The molecule has 0 fully saturated rings. The number of amides is 1. The standard InChI is InChI=1S/C21H22N6O2/c1-3-22-7-6-14-13(2)25-16(19(14)18-5-4-10-29-18)11-15-20(26-27-21(15)28)17-12-23-8-9-24-17/h4-5,8-12,22,25H,3,6-7H2,1-2H3,(H,27,28)/b15-11+. The summed E-state index contributed by atoms with van der Waals surface area (Å²) in [4.78, 5) is 24.2. The molecular formula is C21H22N6O2. The molecule has 8 nitrogen and oxygen atoms in total. The quantitative estimate of drug-likeness (QED) is 0.424. The molecule has 1 amide bonds. The number of carbonyl (C=O) groups excluding carboxylic acids is 1. The summed E-state index contributed by atoms with van der Waals surface area (Å²) in [5.74, 6) is 0.474. The highest BCUT2D eigenvalue weighted by atomic mass is 16.3. The van der Waals surface area contributed by atoms with Crippen LogP contribution in [-0.2, 0) is 11.2 Å². The van der Waals surface area contributed by atoms with E-state index in [1.807, 2.05) is 19.1 Å². The zero-order chi connectivity index (χ0) is 20.2. The zero-order valence-electron chi connectivity index (χ0n) is 16.3. The monoisotopic (exact) mass is 390 g/mol. The molecule has 0 radical (unpaired) electrons. The van der Waals surface area contributed by atoms with Crippen molar-refractivity contribution in [3.8, 4) is 11.3 Å². The molecule has 0 aliphatic carbocycles. The fourth-order valence-electron chi connectivity index (χ4n) is 3.43. The van der Waals surface area contributed by atoms with Crippen LogP contribution < -0.4 is 10.7 Å². The molecule has 3 aromatic heterocycles. The summed E-state index contributed by atoms with van der Waals surface area (Å²) in [6, 6.07) is 3.78. The van der Waals surface area contributed by atoms with Crippen LogP contribution in [0.2, 0.25) is 0 Å². The molecule has 0 saturated carbocycles. The second-order valence-corrected chi connectivity index (χ2v) is 6.65. The van der Waals surface area contributed by atoms with Gasteiger partial charge in [0.25, 0.3) is 5.91 Å². The Hall–Kier alpha value is -3.52. The number of hydrogen-bond acceptors (Lipinski definition) is 6. The van der Waals surface area contributed by atoms with Crippen molar-refractivity contribution in [2.45, 2.75) is 20.3 Å². The molecule has 4 rings (SSSR count). The minimum atomic E-state index is -0.280. The largest absolute Gasteiger partial charge is 0.464 e. The summed E-state index contributed by atoms with van der Waals surface area (Å²) in [5, 5.41) is 7.50. The van der Waals surface area contributed by atoms with E-state index in [0.29, 0.717) is 17.0 Å². The van der Waals surface area contributed by atoms with E-state index >= 15 is 0 Å². The highest BCUT2D eigenvalue weighted by molar-refractivity contribution is 6.32. The van der Waals surface area contributed by atoms with Crippen molar-refractivity contribution < 1.29 is 9.21 Å². The number of likely N-dealkylation sites (N-methyl/N-ethyl adjacent to an activating group) is 1. The molecule has 8 heteroatoms. The Morgan fingerprint density at radius 3 is 2.93 bits per heavy atom. The molecule has 3 N–H and O–H groups in total. The lowest BCUT2D eigenvalue weighted by Crippen LogP contribution is -2.16. The van der Waals surface area contributed by atoms with E-state index in [2.05, 4.69) is 37.7 Å². The number of hydrogen-bond donors (Lipinski definition) is 3. The first-order valence-electron chi connectivity index (χ1n) is 9.51. The third-order valence-electron chi connectivity index (χ3n) is 4.78. The zero-order valence-corrected chi connectivity index (χ0v) is 16.3. The van der Waals surface area contributed by atoms with Gasteiger partial charge in [0.05, 0.1) is 23.7 Å². The van der Waals surface area contributed by atoms with Gasteiger partial charge in [0.15, 0.2) is 0 Å². The van der Waals surface area contributed by atoms with Crippen molar-refractivity contribution >= 4 is 17.7 Å². The molecule has 0 aromatic carbocycles. The van der Waals surface area contributed by atoms with Crippen molar-refractivity contribution in [3.05, 3.63) is 65.2 Å². The number of aromatic amines is 1. The van der Waals surface area contributed by atoms with Gasteiger partial charge in [0, 0.05) is 23.7 Å². The van der Waals surface area contributed by atoms with Crippen LogP contribution in [0.5, 0.6) is 0 Å². The van der Waals surface area contributed by atoms with Crippen LogP contribution in [0, 0.1) is 6.92 Å². The van der Waals surface area contributed by atoms with Gasteiger partial charge in [-0.05, 0) is 50.2 Å². The Morgan fingerprint density at radius 1 is 1.31 bits per heavy atom. The maximum Gasteiger partial charge on any atom is 0.273 e. The normalized spacial score (nSPS) is 15.0. The van der Waals surface area contributed by atoms with Gasteiger partial charge in [-0.15, -0.1) is 0 Å². The number of aryl methyl sites for hydroxylation is 1. The van der Waals surface area contributed by atoms with E-state index in [1.165, 1.54) is 0 Å². The first-order valence-corrected chi connectivity index (χ1v) is 9.51. The average Bonchev–Trinajstić information content (AvgIpc) is 3.44. The Bertz CT molecular complexity index is 1060. The molecule has 1 aliphatic heterocycles. The molecule has 0 bridgehead atoms. The molecule has 0 unspecified atom stereocenters. The van der Waals surface area contributed by atoms with Gasteiger partial charge in [-0.1, -0.05) is 6.92 Å². The Balaban J connectivity index is 1.79. The van der Waals surface area contributed by atoms with Crippen LogP contribution in [0.1, 0.15) is 29.6 Å². The molecule has 4 heterocycles. The Kier molecular flexibility index (Phi) is 5.35. The lowest BCUT2D eigenvalue weighted by atomic mass is 10.0. The smallest absolute Gasteiger partial charge is 0.273 e. The summed E-state index contributed by atoms with van der Waals surface area (Å²) in [5.41, 5.74) is 7.90. The number of rotatable bonds is 7. The third-order valence-corrected chi connectivity index (χ3v) is 4.78. The fourth-order valence-corrected chi connectivity index (χ4v) is 3.43. The van der Waals surface area contributed by atoms with Gasteiger partial charge in [-0.3, -0.25) is 14.8 Å². The first kappa shape index (κ1) is 18.8. The van der Waals surface area contributed by atoms with Crippen molar-refractivity contribution in [1.29, 1.82) is 0 Å². The van der Waals surface area contributed by atoms with Gasteiger partial charge >= 0.3 is 0 Å². The fraction of sp³-hybridized carbons (Fsp3) is 0.238. The second-order valence-electron chi connectivity index (χ2n) is 6.65. The second kappa shape index (κ2) is 8.24.